The van der Waals surface area contributed by atoms with Crippen LogP contribution >= 0.6 is 15.9 Å². The quantitative estimate of drug-likeness (QED) is 0.274. The number of hydrogen-bond acceptors (Lipinski definition) is 9. The number of amides is 3. The van der Waals surface area contributed by atoms with Crippen molar-refractivity contribution in [1.82, 2.24) is 15.5 Å². The zero-order chi connectivity index (χ0) is 32.9. The molecule has 1 aromatic rings. The second-order valence-corrected chi connectivity index (χ2v) is 16.3. The van der Waals surface area contributed by atoms with Crippen molar-refractivity contribution in [1.29, 1.82) is 0 Å². The molecule has 4 aliphatic rings. The highest BCUT2D eigenvalue weighted by Gasteiger charge is 2.62. The molecule has 248 valence electrons. The number of alkyl carbamates (subject to hydrolysis) is 1. The highest BCUT2D eigenvalue weighted by molar-refractivity contribution is 9.10. The first-order chi connectivity index (χ1) is 21.1. The lowest BCUT2D eigenvalue weighted by Crippen LogP contribution is -2.59. The van der Waals surface area contributed by atoms with E-state index in [0.29, 0.717) is 29.2 Å². The van der Waals surface area contributed by atoms with E-state index in [1.54, 1.807) is 32.9 Å². The van der Waals surface area contributed by atoms with Crippen LogP contribution in [0.4, 0.5) is 4.79 Å². The monoisotopic (exact) mass is 711 g/mol. The molecule has 1 unspecified atom stereocenters. The number of nitrogens with zero attached hydrogens (tertiary/aromatic N) is 1. The summed E-state index contributed by atoms with van der Waals surface area (Å²) in [5.41, 5.74) is -2.01. The van der Waals surface area contributed by atoms with Crippen molar-refractivity contribution in [3.8, 4) is 0 Å². The zero-order valence-corrected chi connectivity index (χ0v) is 28.6. The SMILES string of the molecule is CC[C@@H]1C[C@]1(NC(=O)[C@@H]1C[C@H](OS(=O)(=O)c2ccc(Br)cc2)CN1C(=O)[C@@H](NC(=O)OC1C[C@@H]2C[C@@H]2C1)C(C)(C)C)C(=O)OC. The minimum absolute atomic E-state index is 0.0774. The van der Waals surface area contributed by atoms with Gasteiger partial charge in [-0.3, -0.25) is 13.8 Å². The van der Waals surface area contributed by atoms with Crippen molar-refractivity contribution in [2.45, 2.75) is 101 Å². The molecule has 0 spiro atoms. The van der Waals surface area contributed by atoms with E-state index < -0.39 is 63.1 Å². The standard InChI is InChI=1S/C31H42BrN3O9S/c1-6-19-15-31(19,28(38)42-5)34-26(36)24-14-22(44-45(40,41)23-9-7-20(32)8-10-23)16-35(24)27(37)25(30(2,3)4)33-29(39)43-21-12-17-11-18(17)13-21/h7-10,17-19,21-22,24-25H,6,11-16H2,1-5H3,(H,33,39)(H,34,36)/t17-,18+,19-,21?,22+,24+,25-,31-/m1/s1. The van der Waals surface area contributed by atoms with Gasteiger partial charge in [-0.05, 0) is 73.1 Å². The molecule has 3 amide bonds. The van der Waals surface area contributed by atoms with Crippen LogP contribution in [0.3, 0.4) is 0 Å². The van der Waals surface area contributed by atoms with E-state index in [1.165, 1.54) is 30.6 Å². The van der Waals surface area contributed by atoms with Crippen LogP contribution in [0.25, 0.3) is 0 Å². The number of halogens is 1. The molecular formula is C31H42BrN3O9S. The summed E-state index contributed by atoms with van der Waals surface area (Å²) >= 11 is 3.28. The van der Waals surface area contributed by atoms with Crippen LogP contribution in [-0.4, -0.2) is 80.7 Å². The second kappa shape index (κ2) is 12.5. The summed E-state index contributed by atoms with van der Waals surface area (Å²) in [7, 11) is -3.00. The van der Waals surface area contributed by atoms with E-state index in [9.17, 15) is 27.6 Å². The van der Waals surface area contributed by atoms with E-state index in [1.807, 2.05) is 6.92 Å². The van der Waals surface area contributed by atoms with Gasteiger partial charge in [0.05, 0.1) is 18.1 Å². The number of ether oxygens (including phenoxy) is 2. The number of benzene rings is 1. The second-order valence-electron chi connectivity index (χ2n) is 13.8. The fraction of sp³-hybridized carbons (Fsp3) is 0.677. The van der Waals surface area contributed by atoms with Gasteiger partial charge >= 0.3 is 12.1 Å². The number of likely N-dealkylation sites (tertiary alicyclic amines) is 1. The first-order valence-corrected chi connectivity index (χ1v) is 17.6. The summed E-state index contributed by atoms with van der Waals surface area (Å²) < 4.78 is 43.2. The van der Waals surface area contributed by atoms with Gasteiger partial charge in [0.25, 0.3) is 10.1 Å². The predicted octanol–water partition coefficient (Wildman–Crippen LogP) is 3.52. The molecule has 14 heteroatoms. The lowest BCUT2D eigenvalue weighted by atomic mass is 9.85. The van der Waals surface area contributed by atoms with Gasteiger partial charge in [0.15, 0.2) is 0 Å². The lowest BCUT2D eigenvalue weighted by molar-refractivity contribution is -0.148. The summed E-state index contributed by atoms with van der Waals surface area (Å²) in [5.74, 6) is -0.725. The highest BCUT2D eigenvalue weighted by atomic mass is 79.9. The molecule has 12 nitrogen and oxygen atoms in total. The Balaban J connectivity index is 1.37. The van der Waals surface area contributed by atoms with E-state index in [-0.39, 0.29) is 29.9 Å². The minimum atomic E-state index is -4.25. The van der Waals surface area contributed by atoms with Gasteiger partial charge in [-0.15, -0.1) is 0 Å². The summed E-state index contributed by atoms with van der Waals surface area (Å²) in [6.45, 7) is 7.00. The number of methoxy groups -OCH3 is 1. The first kappa shape index (κ1) is 33.6. The molecule has 1 aliphatic heterocycles. The molecule has 2 N–H and O–H groups in total. The van der Waals surface area contributed by atoms with Crippen LogP contribution in [-0.2, 0) is 38.2 Å². The van der Waals surface area contributed by atoms with Gasteiger partial charge in [-0.25, -0.2) is 9.59 Å². The van der Waals surface area contributed by atoms with E-state index in [4.69, 9.17) is 13.7 Å². The number of carbonyl (C=O) groups excluding carboxylic acids is 4. The largest absolute Gasteiger partial charge is 0.467 e. The maximum absolute atomic E-state index is 14.2. The van der Waals surface area contributed by atoms with Crippen molar-refractivity contribution in [2.75, 3.05) is 13.7 Å². The van der Waals surface area contributed by atoms with Gasteiger partial charge in [0, 0.05) is 17.4 Å². The number of rotatable bonds is 10. The number of fused-ring (bicyclic) bond motifs is 1. The van der Waals surface area contributed by atoms with E-state index in [2.05, 4.69) is 26.6 Å². The summed E-state index contributed by atoms with van der Waals surface area (Å²) in [6, 6.07) is 3.63. The molecule has 0 bridgehead atoms. The Morgan fingerprint density at radius 2 is 1.69 bits per heavy atom. The van der Waals surface area contributed by atoms with Gasteiger partial charge in [0.1, 0.15) is 23.7 Å². The topological polar surface area (TPSA) is 157 Å². The molecule has 4 fully saturated rings. The van der Waals surface area contributed by atoms with Crippen molar-refractivity contribution in [3.63, 3.8) is 0 Å². The molecule has 5 rings (SSSR count). The Kier molecular flexibility index (Phi) is 9.33. The molecule has 45 heavy (non-hydrogen) atoms. The van der Waals surface area contributed by atoms with Crippen molar-refractivity contribution >= 4 is 49.9 Å². The molecule has 1 saturated heterocycles. The lowest BCUT2D eigenvalue weighted by Gasteiger charge is -2.35. The fourth-order valence-corrected chi connectivity index (χ4v) is 8.17. The van der Waals surface area contributed by atoms with Crippen molar-refractivity contribution < 1.29 is 41.3 Å². The minimum Gasteiger partial charge on any atom is -0.467 e. The third kappa shape index (κ3) is 7.17. The zero-order valence-electron chi connectivity index (χ0n) is 26.2. The molecule has 1 heterocycles. The molecule has 8 atom stereocenters. The third-order valence-electron chi connectivity index (χ3n) is 9.56. The number of hydrogen-bond donors (Lipinski definition) is 2. The van der Waals surface area contributed by atoms with Crippen LogP contribution in [0.1, 0.15) is 66.2 Å². The molecule has 0 aromatic heterocycles. The Labute approximate surface area is 272 Å². The summed E-state index contributed by atoms with van der Waals surface area (Å²) in [5, 5.41) is 5.54. The van der Waals surface area contributed by atoms with Gasteiger partial charge in [0.2, 0.25) is 11.8 Å². The fourth-order valence-electron chi connectivity index (χ4n) is 6.83. The normalized spacial score (nSPS) is 31.0. The van der Waals surface area contributed by atoms with Gasteiger partial charge in [-0.2, -0.15) is 8.42 Å². The first-order valence-electron chi connectivity index (χ1n) is 15.4. The van der Waals surface area contributed by atoms with Crippen LogP contribution in [0.5, 0.6) is 0 Å². The maximum atomic E-state index is 14.2. The predicted molar refractivity (Wildman–Crippen MR) is 165 cm³/mol. The van der Waals surface area contributed by atoms with E-state index in [0.717, 1.165) is 12.8 Å². The average Bonchev–Trinajstić information content (AvgIpc) is 3.78. The summed E-state index contributed by atoms with van der Waals surface area (Å²) in [4.78, 5) is 54.9. The molecule has 0 radical (unpaired) electrons. The van der Waals surface area contributed by atoms with E-state index >= 15 is 0 Å². The highest BCUT2D eigenvalue weighted by Crippen LogP contribution is 2.52. The number of esters is 1. The Hall–Kier alpha value is -2.71. The molecule has 3 aliphatic carbocycles. The Morgan fingerprint density at radius 1 is 1.04 bits per heavy atom. The maximum Gasteiger partial charge on any atom is 0.408 e. The van der Waals surface area contributed by atoms with Crippen LogP contribution in [0, 0.1) is 23.2 Å². The number of nitrogens with one attached hydrogen (secondary N) is 2. The summed E-state index contributed by atoms with van der Waals surface area (Å²) in [6.07, 6.45) is 1.69. The van der Waals surface area contributed by atoms with Crippen LogP contribution in [0.15, 0.2) is 33.6 Å². The van der Waals surface area contributed by atoms with Gasteiger partial charge in [-0.1, -0.05) is 50.0 Å². The molecular weight excluding hydrogens is 670 g/mol. The van der Waals surface area contributed by atoms with Crippen LogP contribution < -0.4 is 10.6 Å². The van der Waals surface area contributed by atoms with Crippen LogP contribution in [0.2, 0.25) is 0 Å². The average molecular weight is 713 g/mol. The smallest absolute Gasteiger partial charge is 0.408 e. The van der Waals surface area contributed by atoms with Gasteiger partial charge < -0.3 is 25.0 Å². The Bertz CT molecular complexity index is 1440. The van der Waals surface area contributed by atoms with Crippen molar-refractivity contribution in [2.24, 2.45) is 23.2 Å². The Morgan fingerprint density at radius 3 is 2.24 bits per heavy atom. The molecule has 1 aromatic carbocycles. The number of carbonyl (C=O) groups is 4. The third-order valence-corrected chi connectivity index (χ3v) is 11.5. The van der Waals surface area contributed by atoms with Crippen molar-refractivity contribution in [3.05, 3.63) is 28.7 Å². The molecule has 3 saturated carbocycles.